The van der Waals surface area contributed by atoms with E-state index in [1.165, 1.54) is 154 Å². The average molecular weight is 454 g/mol. The Morgan fingerprint density at radius 1 is 0.312 bits per heavy atom. The fraction of sp³-hybridized carbons (Fsp3) is 1.00. The molecule has 0 bridgehead atoms. The van der Waals surface area contributed by atoms with Gasteiger partial charge in [0.1, 0.15) is 0 Å². The molecule has 0 aromatic heterocycles. The quantitative estimate of drug-likeness (QED) is 0.0940. The van der Waals surface area contributed by atoms with E-state index in [9.17, 15) is 5.21 Å². The number of nitrogens with zero attached hydrogens (tertiary/aromatic N) is 1. The number of rotatable bonds is 28. The Bertz CT molecular complexity index is 290. The molecule has 0 aliphatic rings. The van der Waals surface area contributed by atoms with E-state index < -0.39 is 0 Å². The predicted molar refractivity (Wildman–Crippen MR) is 145 cm³/mol. The fourth-order valence-corrected chi connectivity index (χ4v) is 4.74. The molecule has 0 aromatic carbocycles. The third kappa shape index (κ3) is 28.0. The minimum atomic E-state index is 0.871. The molecule has 0 aliphatic carbocycles. The van der Waals surface area contributed by atoms with E-state index in [1.807, 2.05) is 0 Å². The molecular weight excluding hydrogens is 390 g/mol. The summed E-state index contributed by atoms with van der Waals surface area (Å²) in [4.78, 5) is 0. The van der Waals surface area contributed by atoms with E-state index >= 15 is 0 Å². The molecule has 0 rings (SSSR count). The first-order valence-electron chi connectivity index (χ1n) is 15.2. The molecule has 0 saturated carbocycles. The highest BCUT2D eigenvalue weighted by molar-refractivity contribution is 4.53. The van der Waals surface area contributed by atoms with Gasteiger partial charge in [0, 0.05) is 13.1 Å². The number of hydrogen-bond acceptors (Lipinski definition) is 2. The summed E-state index contributed by atoms with van der Waals surface area (Å²) in [5.41, 5.74) is 0. The van der Waals surface area contributed by atoms with E-state index in [0.29, 0.717) is 0 Å². The van der Waals surface area contributed by atoms with Gasteiger partial charge in [-0.25, -0.2) is 0 Å². The van der Waals surface area contributed by atoms with E-state index in [0.717, 1.165) is 25.9 Å². The first-order chi connectivity index (χ1) is 15.8. The van der Waals surface area contributed by atoms with Crippen LogP contribution in [0.4, 0.5) is 0 Å². The Balaban J connectivity index is 3.13. The van der Waals surface area contributed by atoms with Gasteiger partial charge in [0.05, 0.1) is 0 Å². The number of hydrogen-bond donors (Lipinski definition) is 1. The van der Waals surface area contributed by atoms with Crippen molar-refractivity contribution in [3.8, 4) is 0 Å². The van der Waals surface area contributed by atoms with Crippen LogP contribution in [0.2, 0.25) is 0 Å². The van der Waals surface area contributed by atoms with Crippen molar-refractivity contribution >= 4 is 0 Å². The number of unbranched alkanes of at least 4 members (excludes halogenated alkanes) is 24. The highest BCUT2D eigenvalue weighted by atomic mass is 16.5. The lowest BCUT2D eigenvalue weighted by Crippen LogP contribution is -2.21. The van der Waals surface area contributed by atoms with Crippen LogP contribution in [-0.2, 0) is 0 Å². The second-order valence-corrected chi connectivity index (χ2v) is 10.4. The number of hydroxylamine groups is 2. The normalized spacial score (nSPS) is 11.6. The minimum Gasteiger partial charge on any atom is -0.314 e. The Hall–Kier alpha value is -0.0800. The van der Waals surface area contributed by atoms with Gasteiger partial charge in [0.15, 0.2) is 0 Å². The van der Waals surface area contributed by atoms with Gasteiger partial charge in [0.25, 0.3) is 0 Å². The third-order valence-electron chi connectivity index (χ3n) is 7.04. The van der Waals surface area contributed by atoms with Gasteiger partial charge in [-0.15, -0.1) is 0 Å². The Kier molecular flexibility index (Phi) is 28.9. The highest BCUT2D eigenvalue weighted by Gasteiger charge is 2.01. The minimum absolute atomic E-state index is 0.871. The zero-order valence-corrected chi connectivity index (χ0v) is 22.7. The van der Waals surface area contributed by atoms with Gasteiger partial charge in [0.2, 0.25) is 0 Å². The second-order valence-electron chi connectivity index (χ2n) is 10.4. The topological polar surface area (TPSA) is 23.5 Å². The zero-order valence-electron chi connectivity index (χ0n) is 22.7. The summed E-state index contributed by atoms with van der Waals surface area (Å²) in [5, 5.41) is 11.6. The van der Waals surface area contributed by atoms with Gasteiger partial charge < -0.3 is 5.21 Å². The second kappa shape index (κ2) is 29.0. The molecule has 0 saturated heterocycles. The van der Waals surface area contributed by atoms with Crippen LogP contribution >= 0.6 is 0 Å². The van der Waals surface area contributed by atoms with Crippen LogP contribution in [0.25, 0.3) is 0 Å². The molecule has 0 fully saturated rings. The van der Waals surface area contributed by atoms with E-state index in [2.05, 4.69) is 13.8 Å². The van der Waals surface area contributed by atoms with Crippen molar-refractivity contribution in [3.05, 3.63) is 0 Å². The molecule has 0 amide bonds. The lowest BCUT2D eigenvalue weighted by Gasteiger charge is -2.14. The van der Waals surface area contributed by atoms with Crippen LogP contribution in [0.3, 0.4) is 0 Å². The largest absolute Gasteiger partial charge is 0.314 e. The standard InChI is InChI=1S/C30H63NO/c1-3-5-7-9-11-13-15-17-19-21-23-25-27-29-31(32)30-28-26-24-22-20-18-16-14-12-10-8-6-4-2/h32H,3-30H2,1-2H3. The molecule has 2 nitrogen and oxygen atoms in total. The lowest BCUT2D eigenvalue weighted by molar-refractivity contribution is -0.0925. The van der Waals surface area contributed by atoms with Crippen molar-refractivity contribution < 1.29 is 5.21 Å². The van der Waals surface area contributed by atoms with Crippen molar-refractivity contribution in [2.24, 2.45) is 0 Å². The summed E-state index contributed by atoms with van der Waals surface area (Å²) >= 11 is 0. The van der Waals surface area contributed by atoms with Crippen LogP contribution in [0.5, 0.6) is 0 Å². The van der Waals surface area contributed by atoms with Gasteiger partial charge in [-0.2, -0.15) is 5.06 Å². The Labute approximate surface area is 204 Å². The summed E-state index contributed by atoms with van der Waals surface area (Å²) in [6, 6.07) is 0. The first-order valence-corrected chi connectivity index (χ1v) is 15.2. The molecule has 32 heavy (non-hydrogen) atoms. The fourth-order valence-electron chi connectivity index (χ4n) is 4.74. The van der Waals surface area contributed by atoms with Crippen molar-refractivity contribution in [1.29, 1.82) is 0 Å². The highest BCUT2D eigenvalue weighted by Crippen LogP contribution is 2.14. The maximum Gasteiger partial charge on any atom is 0.0238 e. The molecule has 1 N–H and O–H groups in total. The SMILES string of the molecule is CCCCCCCCCCCCCCCN(O)CCCCCCCCCCCCCCC. The van der Waals surface area contributed by atoms with Crippen LogP contribution in [0.15, 0.2) is 0 Å². The van der Waals surface area contributed by atoms with E-state index in [4.69, 9.17) is 0 Å². The summed E-state index contributed by atoms with van der Waals surface area (Å²) in [5.74, 6) is 0. The lowest BCUT2D eigenvalue weighted by atomic mass is 10.0. The zero-order chi connectivity index (χ0) is 23.4. The predicted octanol–water partition coefficient (Wildman–Crippen LogP) is 10.9. The molecule has 0 atom stereocenters. The molecule has 0 unspecified atom stereocenters. The van der Waals surface area contributed by atoms with E-state index in [-0.39, 0.29) is 0 Å². The molecule has 0 aliphatic heterocycles. The smallest absolute Gasteiger partial charge is 0.0238 e. The maximum atomic E-state index is 10.0. The molecule has 194 valence electrons. The summed E-state index contributed by atoms with van der Waals surface area (Å²) in [6.45, 7) is 6.32. The van der Waals surface area contributed by atoms with Gasteiger partial charge in [-0.3, -0.25) is 0 Å². The monoisotopic (exact) mass is 453 g/mol. The van der Waals surface area contributed by atoms with E-state index in [1.54, 1.807) is 5.06 Å². The molecular formula is C30H63NO. The van der Waals surface area contributed by atoms with Crippen molar-refractivity contribution in [1.82, 2.24) is 5.06 Å². The van der Waals surface area contributed by atoms with Gasteiger partial charge in [-0.05, 0) is 12.8 Å². The van der Waals surface area contributed by atoms with Gasteiger partial charge in [-0.1, -0.05) is 168 Å². The third-order valence-corrected chi connectivity index (χ3v) is 7.04. The Morgan fingerprint density at radius 2 is 0.500 bits per heavy atom. The molecule has 0 aromatic rings. The average Bonchev–Trinajstić information content (AvgIpc) is 2.80. The Morgan fingerprint density at radius 3 is 0.719 bits per heavy atom. The van der Waals surface area contributed by atoms with Crippen LogP contribution < -0.4 is 0 Å². The van der Waals surface area contributed by atoms with Crippen molar-refractivity contribution in [2.75, 3.05) is 13.1 Å². The van der Waals surface area contributed by atoms with Crippen molar-refractivity contribution in [2.45, 2.75) is 181 Å². The summed E-state index contributed by atoms with van der Waals surface area (Å²) < 4.78 is 0. The molecule has 2 heteroatoms. The maximum absolute atomic E-state index is 10.0. The first kappa shape index (κ1) is 31.9. The molecule has 0 heterocycles. The van der Waals surface area contributed by atoms with Crippen molar-refractivity contribution in [3.63, 3.8) is 0 Å². The van der Waals surface area contributed by atoms with Crippen LogP contribution in [0.1, 0.15) is 181 Å². The van der Waals surface area contributed by atoms with Crippen LogP contribution in [0, 0.1) is 0 Å². The van der Waals surface area contributed by atoms with Gasteiger partial charge >= 0.3 is 0 Å². The van der Waals surface area contributed by atoms with Crippen LogP contribution in [-0.4, -0.2) is 23.4 Å². The summed E-state index contributed by atoms with van der Waals surface area (Å²) in [6.07, 6.45) is 36.1. The summed E-state index contributed by atoms with van der Waals surface area (Å²) in [7, 11) is 0. The molecule has 0 spiro atoms. The molecule has 0 radical (unpaired) electrons.